The van der Waals surface area contributed by atoms with Crippen molar-refractivity contribution in [3.05, 3.63) is 68.8 Å². The van der Waals surface area contributed by atoms with Crippen LogP contribution in [0.3, 0.4) is 0 Å². The number of Topliss-reactive ketones (excluding diaryl/α,β-unsaturated/α-hetero) is 1. The highest BCUT2D eigenvalue weighted by Crippen LogP contribution is 2.36. The molecule has 0 spiro atoms. The molecule has 0 heterocycles. The molecule has 128 valence electrons. The summed E-state index contributed by atoms with van der Waals surface area (Å²) >= 11 is 0. The van der Waals surface area contributed by atoms with E-state index in [2.05, 4.69) is 52.0 Å². The van der Waals surface area contributed by atoms with Gasteiger partial charge >= 0.3 is 0 Å². The van der Waals surface area contributed by atoms with E-state index in [-0.39, 0.29) is 5.78 Å². The van der Waals surface area contributed by atoms with Gasteiger partial charge in [-0.2, -0.15) is 0 Å². The molecule has 24 heavy (non-hydrogen) atoms. The van der Waals surface area contributed by atoms with Gasteiger partial charge in [0.05, 0.1) is 0 Å². The second-order valence-electron chi connectivity index (χ2n) is 7.11. The van der Waals surface area contributed by atoms with E-state index >= 15 is 0 Å². The van der Waals surface area contributed by atoms with Crippen molar-refractivity contribution in [2.24, 2.45) is 0 Å². The van der Waals surface area contributed by atoms with Gasteiger partial charge in [0.25, 0.3) is 0 Å². The Morgan fingerprint density at radius 1 is 0.792 bits per heavy atom. The van der Waals surface area contributed by atoms with E-state index in [0.717, 1.165) is 33.4 Å². The molecule has 1 atom stereocenters. The van der Waals surface area contributed by atoms with E-state index in [9.17, 15) is 4.79 Å². The molecule has 2 nitrogen and oxygen atoms in total. The lowest BCUT2D eigenvalue weighted by Crippen LogP contribution is -2.37. The van der Waals surface area contributed by atoms with E-state index in [1.165, 1.54) is 11.1 Å². The minimum atomic E-state index is -0.993. The van der Waals surface area contributed by atoms with Crippen LogP contribution in [-0.4, -0.2) is 12.9 Å². The summed E-state index contributed by atoms with van der Waals surface area (Å²) in [7, 11) is 1.62. The van der Waals surface area contributed by atoms with Crippen LogP contribution < -0.4 is 0 Å². The van der Waals surface area contributed by atoms with Gasteiger partial charge in [-0.15, -0.1) is 0 Å². The van der Waals surface area contributed by atoms with Gasteiger partial charge in [0.15, 0.2) is 11.4 Å². The van der Waals surface area contributed by atoms with Gasteiger partial charge in [-0.3, -0.25) is 4.79 Å². The largest absolute Gasteiger partial charge is 0.366 e. The molecule has 0 aromatic heterocycles. The summed E-state index contributed by atoms with van der Waals surface area (Å²) in [5, 5.41) is 0. The van der Waals surface area contributed by atoms with Gasteiger partial charge in [-0.1, -0.05) is 35.4 Å². The SMILES string of the molecule is COC(C)(C(=O)c1c(C)cc(C)cc1C)c1c(C)cc(C)cc1C. The molecule has 0 amide bonds. The van der Waals surface area contributed by atoms with Crippen LogP contribution in [0, 0.1) is 41.5 Å². The summed E-state index contributed by atoms with van der Waals surface area (Å²) in [6, 6.07) is 8.35. The Bertz CT molecular complexity index is 756. The smallest absolute Gasteiger partial charge is 0.199 e. The molecule has 0 saturated heterocycles. The number of ether oxygens (including phenoxy) is 1. The average Bonchev–Trinajstić information content (AvgIpc) is 2.44. The zero-order valence-corrected chi connectivity index (χ0v) is 16.1. The number of aryl methyl sites for hydroxylation is 6. The highest BCUT2D eigenvalue weighted by molar-refractivity contribution is 6.05. The van der Waals surface area contributed by atoms with E-state index in [4.69, 9.17) is 4.74 Å². The molecule has 2 aromatic rings. The van der Waals surface area contributed by atoms with Crippen LogP contribution in [0.25, 0.3) is 0 Å². The molecule has 2 aromatic carbocycles. The maximum atomic E-state index is 13.5. The maximum absolute atomic E-state index is 13.5. The predicted molar refractivity (Wildman–Crippen MR) is 100.0 cm³/mol. The highest BCUT2D eigenvalue weighted by atomic mass is 16.5. The van der Waals surface area contributed by atoms with Crippen molar-refractivity contribution in [1.82, 2.24) is 0 Å². The minimum Gasteiger partial charge on any atom is -0.366 e. The van der Waals surface area contributed by atoms with Gasteiger partial charge < -0.3 is 4.74 Å². The topological polar surface area (TPSA) is 26.3 Å². The van der Waals surface area contributed by atoms with Crippen molar-refractivity contribution < 1.29 is 9.53 Å². The van der Waals surface area contributed by atoms with Crippen LogP contribution in [0.4, 0.5) is 0 Å². The summed E-state index contributed by atoms with van der Waals surface area (Å²) in [6.45, 7) is 14.1. The molecular formula is C22H28O2. The van der Waals surface area contributed by atoms with Crippen LogP contribution in [0.5, 0.6) is 0 Å². The van der Waals surface area contributed by atoms with Crippen LogP contribution in [0.2, 0.25) is 0 Å². The first-order valence-corrected chi connectivity index (χ1v) is 8.38. The first-order valence-electron chi connectivity index (χ1n) is 8.38. The summed E-state index contributed by atoms with van der Waals surface area (Å²) < 4.78 is 5.83. The van der Waals surface area contributed by atoms with Crippen LogP contribution in [0.1, 0.15) is 56.2 Å². The fourth-order valence-corrected chi connectivity index (χ4v) is 4.02. The zero-order chi connectivity index (χ0) is 18.2. The van der Waals surface area contributed by atoms with E-state index in [1.54, 1.807) is 7.11 Å². The molecular weight excluding hydrogens is 296 g/mol. The first kappa shape index (κ1) is 18.4. The molecule has 1 unspecified atom stereocenters. The van der Waals surface area contributed by atoms with Crippen molar-refractivity contribution in [2.45, 2.75) is 54.1 Å². The second-order valence-corrected chi connectivity index (χ2v) is 7.11. The van der Waals surface area contributed by atoms with Crippen LogP contribution >= 0.6 is 0 Å². The summed E-state index contributed by atoms with van der Waals surface area (Å²) in [6.07, 6.45) is 0. The van der Waals surface area contributed by atoms with Gasteiger partial charge in [0.2, 0.25) is 0 Å². The highest BCUT2D eigenvalue weighted by Gasteiger charge is 2.39. The number of rotatable bonds is 4. The van der Waals surface area contributed by atoms with Crippen molar-refractivity contribution in [1.29, 1.82) is 0 Å². The quantitative estimate of drug-likeness (QED) is 0.715. The Morgan fingerprint density at radius 2 is 1.17 bits per heavy atom. The van der Waals surface area contributed by atoms with Crippen molar-refractivity contribution in [3.8, 4) is 0 Å². The molecule has 0 N–H and O–H groups in total. The second kappa shape index (κ2) is 6.52. The lowest BCUT2D eigenvalue weighted by Gasteiger charge is -2.32. The first-order chi connectivity index (χ1) is 11.1. The Morgan fingerprint density at radius 3 is 1.54 bits per heavy atom. The lowest BCUT2D eigenvalue weighted by molar-refractivity contribution is 0.00932. The number of carbonyl (C=O) groups is 1. The fraction of sp³-hybridized carbons (Fsp3) is 0.409. The third-order valence-electron chi connectivity index (χ3n) is 4.90. The molecule has 0 aliphatic rings. The molecule has 0 aliphatic carbocycles. The summed E-state index contributed by atoms with van der Waals surface area (Å²) in [5.74, 6) is 0.0232. The Labute approximate surface area is 145 Å². The van der Waals surface area contributed by atoms with Crippen LogP contribution in [-0.2, 0) is 10.3 Å². The molecule has 0 radical (unpaired) electrons. The third-order valence-corrected chi connectivity index (χ3v) is 4.90. The van der Waals surface area contributed by atoms with Crippen molar-refractivity contribution in [3.63, 3.8) is 0 Å². The Hall–Kier alpha value is -1.93. The minimum absolute atomic E-state index is 0.0232. The zero-order valence-electron chi connectivity index (χ0n) is 16.1. The molecule has 0 fully saturated rings. The van der Waals surface area contributed by atoms with Crippen molar-refractivity contribution in [2.75, 3.05) is 7.11 Å². The molecule has 0 bridgehead atoms. The van der Waals surface area contributed by atoms with E-state index in [1.807, 2.05) is 20.8 Å². The number of methoxy groups -OCH3 is 1. The third kappa shape index (κ3) is 3.03. The fourth-order valence-electron chi connectivity index (χ4n) is 4.02. The van der Waals surface area contributed by atoms with E-state index in [0.29, 0.717) is 0 Å². The monoisotopic (exact) mass is 324 g/mol. The summed E-state index contributed by atoms with van der Waals surface area (Å²) in [4.78, 5) is 13.5. The normalized spacial score (nSPS) is 13.7. The van der Waals surface area contributed by atoms with Gasteiger partial charge in [0, 0.05) is 12.7 Å². The van der Waals surface area contributed by atoms with Gasteiger partial charge in [0.1, 0.15) is 0 Å². The molecule has 2 rings (SSSR count). The van der Waals surface area contributed by atoms with E-state index < -0.39 is 5.60 Å². The van der Waals surface area contributed by atoms with Gasteiger partial charge in [-0.25, -0.2) is 0 Å². The number of carbonyl (C=O) groups excluding carboxylic acids is 1. The Kier molecular flexibility index (Phi) is 5.00. The van der Waals surface area contributed by atoms with Gasteiger partial charge in [-0.05, 0) is 76.3 Å². The van der Waals surface area contributed by atoms with Crippen molar-refractivity contribution >= 4 is 5.78 Å². The number of ketones is 1. The molecule has 2 heteroatoms. The number of hydrogen-bond donors (Lipinski definition) is 0. The molecule has 0 aliphatic heterocycles. The standard InChI is InChI=1S/C22H28O2/c1-13-9-15(3)19(16(4)10-13)21(23)22(7,24-8)20-17(5)11-14(2)12-18(20)6/h9-12H,1-8H3. The summed E-state index contributed by atoms with van der Waals surface area (Å²) in [5.41, 5.74) is 7.30. The number of hydrogen-bond acceptors (Lipinski definition) is 2. The van der Waals surface area contributed by atoms with Crippen LogP contribution in [0.15, 0.2) is 24.3 Å². The molecule has 0 saturated carbocycles. The average molecular weight is 324 g/mol. The number of benzene rings is 2. The maximum Gasteiger partial charge on any atom is 0.199 e. The Balaban J connectivity index is 2.70. The lowest BCUT2D eigenvalue weighted by atomic mass is 9.79. The predicted octanol–water partition coefficient (Wildman–Crippen LogP) is 5.28.